The van der Waals surface area contributed by atoms with Gasteiger partial charge in [-0.25, -0.2) is 9.97 Å². The molecule has 142 valence electrons. The Morgan fingerprint density at radius 3 is 2.44 bits per heavy atom. The summed E-state index contributed by atoms with van der Waals surface area (Å²) in [5.41, 5.74) is 3.59. The first-order chi connectivity index (χ1) is 13.0. The molecule has 1 fully saturated rings. The van der Waals surface area contributed by atoms with Gasteiger partial charge in [0.25, 0.3) is 0 Å². The number of piperazine rings is 1. The fourth-order valence-corrected chi connectivity index (χ4v) is 4.26. The molecule has 0 radical (unpaired) electrons. The summed E-state index contributed by atoms with van der Waals surface area (Å²) in [5.74, 6) is 1.07. The summed E-state index contributed by atoms with van der Waals surface area (Å²) < 4.78 is 0. The molecule has 4 rings (SSSR count). The van der Waals surface area contributed by atoms with Gasteiger partial charge in [-0.1, -0.05) is 30.7 Å². The molecule has 1 atom stereocenters. The first kappa shape index (κ1) is 18.4. The second-order valence-electron chi connectivity index (χ2n) is 7.43. The highest BCUT2D eigenvalue weighted by molar-refractivity contribution is 6.30. The minimum Gasteiger partial charge on any atom is -0.338 e. The molecule has 6 heteroatoms. The SMILES string of the molecule is CCN1CCN(c2nc(C)c3c(n2)C[C@H](c2ccc(Cl)cc2)CC3=O)CC1. The van der Waals surface area contributed by atoms with Crippen molar-refractivity contribution in [3.05, 3.63) is 51.8 Å². The van der Waals surface area contributed by atoms with E-state index in [0.29, 0.717) is 11.4 Å². The van der Waals surface area contributed by atoms with E-state index in [2.05, 4.69) is 21.7 Å². The number of likely N-dealkylation sites (N-methyl/N-ethyl adjacent to an activating group) is 1. The lowest BCUT2D eigenvalue weighted by Crippen LogP contribution is -2.47. The van der Waals surface area contributed by atoms with E-state index in [-0.39, 0.29) is 11.7 Å². The molecule has 5 nitrogen and oxygen atoms in total. The lowest BCUT2D eigenvalue weighted by atomic mass is 9.81. The van der Waals surface area contributed by atoms with Crippen LogP contribution in [0.1, 0.15) is 46.6 Å². The maximum absolute atomic E-state index is 12.8. The highest BCUT2D eigenvalue weighted by Gasteiger charge is 2.31. The fourth-order valence-electron chi connectivity index (χ4n) is 4.13. The van der Waals surface area contributed by atoms with E-state index in [4.69, 9.17) is 16.6 Å². The third-order valence-electron chi connectivity index (χ3n) is 5.75. The predicted octanol–water partition coefficient (Wildman–Crippen LogP) is 3.49. The predicted molar refractivity (Wildman–Crippen MR) is 108 cm³/mol. The Morgan fingerprint density at radius 2 is 1.78 bits per heavy atom. The van der Waals surface area contributed by atoms with E-state index in [9.17, 15) is 4.79 Å². The minimum absolute atomic E-state index is 0.149. The number of rotatable bonds is 3. The number of anilines is 1. The van der Waals surface area contributed by atoms with Crippen LogP contribution in [0.5, 0.6) is 0 Å². The molecule has 0 spiro atoms. The average molecular weight is 385 g/mol. The average Bonchev–Trinajstić information content (AvgIpc) is 2.68. The van der Waals surface area contributed by atoms with E-state index < -0.39 is 0 Å². The summed E-state index contributed by atoms with van der Waals surface area (Å²) in [6, 6.07) is 7.82. The number of fused-ring (bicyclic) bond motifs is 1. The van der Waals surface area contributed by atoms with Gasteiger partial charge in [0.05, 0.1) is 17.0 Å². The van der Waals surface area contributed by atoms with Gasteiger partial charge in [0.15, 0.2) is 5.78 Å². The second kappa shape index (κ2) is 7.56. The molecule has 0 unspecified atom stereocenters. The van der Waals surface area contributed by atoms with E-state index in [1.165, 1.54) is 0 Å². The van der Waals surface area contributed by atoms with Crippen molar-refractivity contribution >= 4 is 23.3 Å². The summed E-state index contributed by atoms with van der Waals surface area (Å²) in [5, 5.41) is 0.716. The standard InChI is InChI=1S/C21H25ClN4O/c1-3-25-8-10-26(11-9-25)21-23-14(2)20-18(24-21)12-16(13-19(20)27)15-4-6-17(22)7-5-15/h4-7,16H,3,8-13H2,1-2H3/t16-/m0/s1. The molecular weight excluding hydrogens is 360 g/mol. The van der Waals surface area contributed by atoms with E-state index in [1.54, 1.807) is 0 Å². The molecule has 2 aliphatic rings. The Balaban J connectivity index is 1.61. The Kier molecular flexibility index (Phi) is 5.15. The largest absolute Gasteiger partial charge is 0.338 e. The van der Waals surface area contributed by atoms with E-state index in [0.717, 1.165) is 67.6 Å². The highest BCUT2D eigenvalue weighted by Crippen LogP contribution is 2.34. The maximum atomic E-state index is 12.8. The van der Waals surface area contributed by atoms with Crippen molar-refractivity contribution in [2.75, 3.05) is 37.6 Å². The van der Waals surface area contributed by atoms with Crippen LogP contribution in [0, 0.1) is 6.92 Å². The Hall–Kier alpha value is -1.98. The van der Waals surface area contributed by atoms with Gasteiger partial charge >= 0.3 is 0 Å². The van der Waals surface area contributed by atoms with Crippen molar-refractivity contribution in [2.24, 2.45) is 0 Å². The number of halogens is 1. The summed E-state index contributed by atoms with van der Waals surface area (Å²) in [4.78, 5) is 27.0. The molecule has 1 aromatic heterocycles. The third-order valence-corrected chi connectivity index (χ3v) is 6.00. The summed E-state index contributed by atoms with van der Waals surface area (Å²) in [7, 11) is 0. The number of hydrogen-bond donors (Lipinski definition) is 0. The molecule has 0 N–H and O–H groups in total. The topological polar surface area (TPSA) is 49.3 Å². The zero-order valence-corrected chi connectivity index (χ0v) is 16.7. The van der Waals surface area contributed by atoms with Gasteiger partial charge in [-0.3, -0.25) is 4.79 Å². The van der Waals surface area contributed by atoms with Crippen molar-refractivity contribution in [3.8, 4) is 0 Å². The van der Waals surface area contributed by atoms with Gasteiger partial charge < -0.3 is 9.80 Å². The number of carbonyl (C=O) groups is 1. The van der Waals surface area contributed by atoms with Crippen LogP contribution in [0.25, 0.3) is 0 Å². The first-order valence-corrected chi connectivity index (χ1v) is 10.1. The lowest BCUT2D eigenvalue weighted by Gasteiger charge is -2.35. The molecule has 27 heavy (non-hydrogen) atoms. The number of benzene rings is 1. The normalized spacial score (nSPS) is 20.6. The van der Waals surface area contributed by atoms with Crippen molar-refractivity contribution in [1.29, 1.82) is 0 Å². The first-order valence-electron chi connectivity index (χ1n) is 9.68. The number of aromatic nitrogens is 2. The van der Waals surface area contributed by atoms with E-state index >= 15 is 0 Å². The van der Waals surface area contributed by atoms with Crippen molar-refractivity contribution < 1.29 is 4.79 Å². The summed E-state index contributed by atoms with van der Waals surface area (Å²) >= 11 is 6.01. The lowest BCUT2D eigenvalue weighted by molar-refractivity contribution is 0.0962. The number of nitrogens with zero attached hydrogens (tertiary/aromatic N) is 4. The van der Waals surface area contributed by atoms with Gasteiger partial charge in [-0.05, 0) is 43.5 Å². The highest BCUT2D eigenvalue weighted by atomic mass is 35.5. The molecule has 0 amide bonds. The molecular formula is C21H25ClN4O. The molecule has 1 saturated heterocycles. The van der Waals surface area contributed by atoms with Gasteiger partial charge in [0.2, 0.25) is 5.95 Å². The zero-order valence-electron chi connectivity index (χ0n) is 15.9. The molecule has 2 heterocycles. The molecule has 1 aromatic carbocycles. The van der Waals surface area contributed by atoms with Crippen LogP contribution in [0.2, 0.25) is 5.02 Å². The van der Waals surface area contributed by atoms with Gasteiger partial charge in [-0.2, -0.15) is 0 Å². The van der Waals surface area contributed by atoms with Crippen LogP contribution in [0.4, 0.5) is 5.95 Å². The Morgan fingerprint density at radius 1 is 1.07 bits per heavy atom. The maximum Gasteiger partial charge on any atom is 0.225 e. The molecule has 2 aromatic rings. The Bertz CT molecular complexity index is 844. The van der Waals surface area contributed by atoms with Crippen LogP contribution < -0.4 is 4.90 Å². The molecule has 0 bridgehead atoms. The van der Waals surface area contributed by atoms with Gasteiger partial charge in [0.1, 0.15) is 0 Å². The van der Waals surface area contributed by atoms with Crippen molar-refractivity contribution in [1.82, 2.24) is 14.9 Å². The number of Topliss-reactive ketones (excluding diaryl/α,β-unsaturated/α-hetero) is 1. The zero-order chi connectivity index (χ0) is 19.0. The summed E-state index contributed by atoms with van der Waals surface area (Å²) in [6.45, 7) is 9.13. The van der Waals surface area contributed by atoms with Crippen LogP contribution in [-0.2, 0) is 6.42 Å². The number of hydrogen-bond acceptors (Lipinski definition) is 5. The van der Waals surface area contributed by atoms with E-state index in [1.807, 2.05) is 31.2 Å². The summed E-state index contributed by atoms with van der Waals surface area (Å²) in [6.07, 6.45) is 1.28. The van der Waals surface area contributed by atoms with Crippen LogP contribution >= 0.6 is 11.6 Å². The Labute approximate surface area is 165 Å². The minimum atomic E-state index is 0.149. The number of aryl methyl sites for hydroxylation is 1. The smallest absolute Gasteiger partial charge is 0.225 e. The van der Waals surface area contributed by atoms with Crippen LogP contribution in [-0.4, -0.2) is 53.4 Å². The fraction of sp³-hybridized carbons (Fsp3) is 0.476. The van der Waals surface area contributed by atoms with Crippen molar-refractivity contribution in [3.63, 3.8) is 0 Å². The number of ketones is 1. The molecule has 1 aliphatic carbocycles. The molecule has 0 saturated carbocycles. The van der Waals surface area contributed by atoms with Crippen LogP contribution in [0.3, 0.4) is 0 Å². The van der Waals surface area contributed by atoms with Gasteiger partial charge in [0, 0.05) is 37.6 Å². The van der Waals surface area contributed by atoms with Crippen molar-refractivity contribution in [2.45, 2.75) is 32.6 Å². The molecule has 1 aliphatic heterocycles. The monoisotopic (exact) mass is 384 g/mol. The third kappa shape index (κ3) is 3.71. The van der Waals surface area contributed by atoms with Gasteiger partial charge in [-0.15, -0.1) is 0 Å². The number of carbonyl (C=O) groups excluding carboxylic acids is 1. The quantitative estimate of drug-likeness (QED) is 0.810. The van der Waals surface area contributed by atoms with Crippen LogP contribution in [0.15, 0.2) is 24.3 Å². The second-order valence-corrected chi connectivity index (χ2v) is 7.87.